The Morgan fingerprint density at radius 3 is 2.50 bits per heavy atom. The van der Waals surface area contributed by atoms with Gasteiger partial charge in [-0.2, -0.15) is 4.57 Å². The minimum atomic E-state index is -0.0742. The lowest BCUT2D eigenvalue weighted by molar-refractivity contribution is -0.596. The molecule has 3 aromatic rings. The smallest absolute Gasteiger partial charge is 0.259 e. The van der Waals surface area contributed by atoms with Gasteiger partial charge in [0, 0.05) is 22.7 Å². The van der Waals surface area contributed by atoms with Crippen molar-refractivity contribution in [3.8, 4) is 5.69 Å². The summed E-state index contributed by atoms with van der Waals surface area (Å²) in [7, 11) is 0. The van der Waals surface area contributed by atoms with Crippen molar-refractivity contribution in [1.29, 1.82) is 0 Å². The number of halogens is 1. The minimum Gasteiger partial charge on any atom is -0.392 e. The van der Waals surface area contributed by atoms with Crippen LogP contribution in [-0.2, 0) is 0 Å². The molecule has 0 aliphatic rings. The third kappa shape index (κ3) is 3.34. The molecule has 0 saturated heterocycles. The van der Waals surface area contributed by atoms with E-state index in [4.69, 9.17) is 17.3 Å². The Balaban J connectivity index is 2.09. The second-order valence-corrected chi connectivity index (χ2v) is 8.02. The second kappa shape index (κ2) is 7.38. The lowest BCUT2D eigenvalue weighted by Gasteiger charge is -2.00. The molecule has 2 heterocycles. The predicted octanol–water partition coefficient (Wildman–Crippen LogP) is 4.60. The highest BCUT2D eigenvalue weighted by atomic mass is 35.5. The van der Waals surface area contributed by atoms with Crippen molar-refractivity contribution in [2.45, 2.75) is 11.1 Å². The summed E-state index contributed by atoms with van der Waals surface area (Å²) < 4.78 is 3.01. The van der Waals surface area contributed by atoms with E-state index in [1.165, 1.54) is 11.3 Å². The van der Waals surface area contributed by atoms with Crippen molar-refractivity contribution in [1.82, 2.24) is 0 Å². The van der Waals surface area contributed by atoms with Gasteiger partial charge in [0.1, 0.15) is 14.8 Å². The monoisotopic (exact) mass is 375 g/mol. The van der Waals surface area contributed by atoms with E-state index in [2.05, 4.69) is 6.92 Å². The number of carbonyl (C=O) groups is 1. The molecule has 0 saturated carbocycles. The Morgan fingerprint density at radius 1 is 1.21 bits per heavy atom. The summed E-state index contributed by atoms with van der Waals surface area (Å²) in [4.78, 5) is 13.4. The first-order valence-electron chi connectivity index (χ1n) is 7.43. The Labute approximate surface area is 154 Å². The molecule has 2 N–H and O–H groups in total. The summed E-state index contributed by atoms with van der Waals surface area (Å²) >= 11 is 9.04. The number of thioether (sulfide) groups is 1. The van der Waals surface area contributed by atoms with Gasteiger partial charge in [0.05, 0.1) is 0 Å². The maximum absolute atomic E-state index is 12.8. The lowest BCUT2D eigenvalue weighted by Crippen LogP contribution is -2.30. The van der Waals surface area contributed by atoms with Crippen LogP contribution < -0.4 is 10.3 Å². The Kier molecular flexibility index (Phi) is 5.23. The summed E-state index contributed by atoms with van der Waals surface area (Å²) in [6.45, 7) is 2.08. The molecule has 0 spiro atoms. The topological polar surface area (TPSA) is 47.0 Å². The number of aromatic nitrogens is 1. The number of hydrogen-bond donors (Lipinski definition) is 1. The van der Waals surface area contributed by atoms with Crippen LogP contribution in [0.1, 0.15) is 22.2 Å². The van der Waals surface area contributed by atoms with Gasteiger partial charge in [-0.15, -0.1) is 23.1 Å². The minimum absolute atomic E-state index is 0.0742. The summed E-state index contributed by atoms with van der Waals surface area (Å²) in [5, 5.41) is 0.605. The van der Waals surface area contributed by atoms with Gasteiger partial charge in [0.2, 0.25) is 5.78 Å². The quantitative estimate of drug-likeness (QED) is 0.402. The maximum atomic E-state index is 12.8. The number of benzene rings is 1. The van der Waals surface area contributed by atoms with Gasteiger partial charge in [-0.3, -0.25) is 4.79 Å². The summed E-state index contributed by atoms with van der Waals surface area (Å²) in [5.41, 5.74) is 8.35. The number of anilines is 1. The first kappa shape index (κ1) is 17.0. The van der Waals surface area contributed by atoms with Gasteiger partial charge in [0.25, 0.3) is 5.69 Å². The van der Waals surface area contributed by atoms with Crippen molar-refractivity contribution in [2.24, 2.45) is 0 Å². The largest absolute Gasteiger partial charge is 0.392 e. The fraction of sp³-hybridized carbons (Fsp3) is 0.111. The molecule has 0 amide bonds. The highest BCUT2D eigenvalue weighted by Gasteiger charge is 2.28. The second-order valence-electron chi connectivity index (χ2n) is 5.03. The molecule has 6 heteroatoms. The summed E-state index contributed by atoms with van der Waals surface area (Å²) in [5.74, 6) is 0.837. The lowest BCUT2D eigenvalue weighted by atomic mass is 10.1. The molecule has 0 fully saturated rings. The summed E-state index contributed by atoms with van der Waals surface area (Å²) in [6.07, 6.45) is 3.88. The molecular weight excluding hydrogens is 360 g/mol. The first-order valence-corrected chi connectivity index (χ1v) is 9.61. The Bertz CT molecular complexity index is 861. The van der Waals surface area contributed by atoms with Crippen LogP contribution in [0.2, 0.25) is 5.02 Å². The van der Waals surface area contributed by atoms with Gasteiger partial charge in [-0.1, -0.05) is 24.6 Å². The number of hydrogen-bond acceptors (Lipinski definition) is 4. The number of thiophene rings is 1. The van der Waals surface area contributed by atoms with Gasteiger partial charge in [-0.25, -0.2) is 0 Å². The third-order valence-electron chi connectivity index (χ3n) is 3.45. The molecule has 0 atom stereocenters. The number of nitrogen functional groups attached to an aromatic ring is 1. The van der Waals surface area contributed by atoms with Crippen LogP contribution in [0.3, 0.4) is 0 Å². The Hall–Kier alpha value is -1.82. The van der Waals surface area contributed by atoms with Crippen LogP contribution in [-0.4, -0.2) is 11.5 Å². The molecule has 0 radical (unpaired) electrons. The van der Waals surface area contributed by atoms with Crippen LogP contribution in [0, 0.1) is 0 Å². The number of ketones is 1. The molecule has 2 aromatic heterocycles. The van der Waals surface area contributed by atoms with Crippen molar-refractivity contribution < 1.29 is 9.36 Å². The standard InChI is InChI=1S/C18H15ClN2OS2/c1-2-23-18-15(21-10-4-3-5-11-21)14(20)17(24-18)16(22)12-6-8-13(19)9-7-12/h3-11H,2H2,1H3,(H-,20,22)/p+1. The van der Waals surface area contributed by atoms with Crippen LogP contribution >= 0.6 is 34.7 Å². The molecule has 0 aliphatic carbocycles. The molecular formula is C18H16ClN2OS2+. The van der Waals surface area contributed by atoms with E-state index in [0.717, 1.165) is 15.6 Å². The third-order valence-corrected chi connectivity index (χ3v) is 6.04. The number of nitrogens with two attached hydrogens (primary N) is 1. The molecule has 0 bridgehead atoms. The number of rotatable bonds is 5. The van der Waals surface area contributed by atoms with E-state index in [1.54, 1.807) is 36.0 Å². The number of nitrogens with zero attached hydrogens (tertiary/aromatic N) is 1. The summed E-state index contributed by atoms with van der Waals surface area (Å²) in [6, 6.07) is 12.7. The van der Waals surface area contributed by atoms with E-state index >= 15 is 0 Å². The molecule has 24 heavy (non-hydrogen) atoms. The van der Waals surface area contributed by atoms with Gasteiger partial charge < -0.3 is 5.73 Å². The molecule has 1 aromatic carbocycles. The van der Waals surface area contributed by atoms with Crippen LogP contribution in [0.15, 0.2) is 59.1 Å². The van der Waals surface area contributed by atoms with Crippen molar-refractivity contribution in [3.05, 3.63) is 70.3 Å². The zero-order valence-corrected chi connectivity index (χ0v) is 15.4. The fourth-order valence-electron chi connectivity index (χ4n) is 2.34. The number of pyridine rings is 1. The molecule has 122 valence electrons. The van der Waals surface area contributed by atoms with E-state index in [9.17, 15) is 4.79 Å². The van der Waals surface area contributed by atoms with E-state index in [0.29, 0.717) is 21.2 Å². The van der Waals surface area contributed by atoms with Gasteiger partial charge in [-0.05, 0) is 30.0 Å². The normalized spacial score (nSPS) is 10.8. The molecule has 0 unspecified atom stereocenters. The van der Waals surface area contributed by atoms with Crippen LogP contribution in [0.25, 0.3) is 5.69 Å². The van der Waals surface area contributed by atoms with Crippen LogP contribution in [0.5, 0.6) is 0 Å². The average Bonchev–Trinajstić information content (AvgIpc) is 2.92. The predicted molar refractivity (Wildman–Crippen MR) is 102 cm³/mol. The molecule has 3 rings (SSSR count). The zero-order chi connectivity index (χ0) is 17.1. The molecule has 0 aliphatic heterocycles. The van der Waals surface area contributed by atoms with Gasteiger partial charge >= 0.3 is 0 Å². The Morgan fingerprint density at radius 2 is 1.88 bits per heavy atom. The fourth-order valence-corrected chi connectivity index (χ4v) is 4.83. The van der Waals surface area contributed by atoms with E-state index in [1.807, 2.05) is 35.2 Å². The first-order chi connectivity index (χ1) is 11.6. The highest BCUT2D eigenvalue weighted by Crippen LogP contribution is 2.39. The van der Waals surface area contributed by atoms with Crippen LogP contribution in [0.4, 0.5) is 5.69 Å². The maximum Gasteiger partial charge on any atom is 0.259 e. The number of carbonyl (C=O) groups excluding carboxylic acids is 1. The average molecular weight is 376 g/mol. The zero-order valence-electron chi connectivity index (χ0n) is 13.0. The van der Waals surface area contributed by atoms with E-state index in [-0.39, 0.29) is 5.78 Å². The van der Waals surface area contributed by atoms with Gasteiger partial charge in [0.15, 0.2) is 12.4 Å². The molecule has 3 nitrogen and oxygen atoms in total. The SMILES string of the molecule is CCSc1sc(C(=O)c2ccc(Cl)cc2)c(N)c1-[n+]1ccccc1. The van der Waals surface area contributed by atoms with Crippen molar-refractivity contribution >= 4 is 46.2 Å². The van der Waals surface area contributed by atoms with Crippen molar-refractivity contribution in [2.75, 3.05) is 11.5 Å². The van der Waals surface area contributed by atoms with E-state index < -0.39 is 0 Å². The highest BCUT2D eigenvalue weighted by molar-refractivity contribution is 8.01. The van der Waals surface area contributed by atoms with Crippen molar-refractivity contribution in [3.63, 3.8) is 0 Å².